The molecule has 0 amide bonds. The molecule has 0 fully saturated rings. The van der Waals surface area contributed by atoms with Crippen LogP contribution in [0.3, 0.4) is 0 Å². The quantitative estimate of drug-likeness (QED) is 0.372. The zero-order valence-electron chi connectivity index (χ0n) is 4.72. The molecule has 5 heteroatoms. The fourth-order valence-corrected chi connectivity index (χ4v) is 0. The van der Waals surface area contributed by atoms with Crippen LogP contribution in [0, 0.1) is 0 Å². The second kappa shape index (κ2) is 16.2. The lowest BCUT2D eigenvalue weighted by atomic mass is 10.8. The fourth-order valence-electron chi connectivity index (χ4n) is 0. The summed E-state index contributed by atoms with van der Waals surface area (Å²) in [7, 11) is 1.86. The molecule has 0 atom stereocenters. The molecule has 0 aromatic rings. The van der Waals surface area contributed by atoms with Crippen molar-refractivity contribution in [3.8, 4) is 0 Å². The van der Waals surface area contributed by atoms with Crippen LogP contribution in [0.15, 0.2) is 0 Å². The van der Waals surface area contributed by atoms with Crippen molar-refractivity contribution in [3.63, 3.8) is 0 Å². The minimum atomic E-state index is -0.125. The van der Waals surface area contributed by atoms with Crippen molar-refractivity contribution in [1.29, 1.82) is 0 Å². The van der Waals surface area contributed by atoms with Gasteiger partial charge >= 0.3 is 0 Å². The van der Waals surface area contributed by atoms with Crippen LogP contribution < -0.4 is 0 Å². The highest BCUT2D eigenvalue weighted by Gasteiger charge is 1.58. The maximum atomic E-state index is 7.62. The van der Waals surface area contributed by atoms with Gasteiger partial charge in [-0.25, -0.2) is 0 Å². The summed E-state index contributed by atoms with van der Waals surface area (Å²) in [4.78, 5) is 0. The summed E-state index contributed by atoms with van der Waals surface area (Å²) in [5.41, 5.74) is 0. The van der Waals surface area contributed by atoms with Gasteiger partial charge in [-0.05, 0) is 0 Å². The molecule has 0 spiro atoms. The zero-order chi connectivity index (χ0) is 6.12. The highest BCUT2D eigenvalue weighted by atomic mass is 28.3. The van der Waals surface area contributed by atoms with Gasteiger partial charge in [0, 0.05) is 0 Å². The van der Waals surface area contributed by atoms with Gasteiger partial charge in [0.15, 0.2) is 0 Å². The monoisotopic (exact) mass is 140 g/mol. The fraction of sp³-hybridized carbons (Fsp3) is 1.00. The lowest BCUT2D eigenvalue weighted by molar-refractivity contribution is 0.186. The molecular weight excluding hydrogens is 128 g/mol. The van der Waals surface area contributed by atoms with Gasteiger partial charge in [0.2, 0.25) is 0 Å². The number of aliphatic hydroxyl groups excluding tert-OH is 2. The molecule has 0 saturated heterocycles. The van der Waals surface area contributed by atoms with Crippen molar-refractivity contribution >= 4 is 21.0 Å². The van der Waals surface area contributed by atoms with Gasteiger partial charge in [0.1, 0.15) is 21.0 Å². The molecule has 0 heterocycles. The van der Waals surface area contributed by atoms with E-state index in [0.717, 1.165) is 21.0 Å². The maximum absolute atomic E-state index is 7.62. The van der Waals surface area contributed by atoms with E-state index in [1.54, 1.807) is 0 Å². The first kappa shape index (κ1) is 10.3. The average Bonchev–Trinajstić information content (AvgIpc) is 1.69. The summed E-state index contributed by atoms with van der Waals surface area (Å²) in [5.74, 6) is 0. The van der Waals surface area contributed by atoms with Crippen LogP contribution in [-0.2, 0) is 4.12 Å². The van der Waals surface area contributed by atoms with Gasteiger partial charge in [-0.15, -0.1) is 0 Å². The van der Waals surface area contributed by atoms with Crippen LogP contribution in [-0.4, -0.2) is 44.4 Å². The van der Waals surface area contributed by atoms with E-state index < -0.39 is 0 Å². The lowest BCUT2D eigenvalue weighted by Crippen LogP contribution is -1.85. The Morgan fingerprint density at radius 1 is 1.14 bits per heavy atom. The third kappa shape index (κ3) is 68.1. The second-order valence-corrected chi connectivity index (χ2v) is 4.12. The Bertz CT molecular complexity index is 18.4. The van der Waals surface area contributed by atoms with Crippen LogP contribution in [0.1, 0.15) is 0 Å². The normalized spacial score (nSPS) is 7.71. The summed E-state index contributed by atoms with van der Waals surface area (Å²) in [6, 6.07) is 0. The van der Waals surface area contributed by atoms with Crippen LogP contribution >= 0.6 is 0 Å². The Morgan fingerprint density at radius 2 is 1.29 bits per heavy atom. The first-order valence-corrected chi connectivity index (χ1v) is 3.58. The van der Waals surface area contributed by atoms with E-state index in [1.807, 2.05) is 0 Å². The second-order valence-electron chi connectivity index (χ2n) is 0.855. The minimum Gasteiger partial charge on any atom is -0.471 e. The number of aliphatic hydroxyl groups is 2. The highest BCUT2D eigenvalue weighted by Crippen LogP contribution is 1.39. The number of hydrogen-bond acceptors (Lipinski definition) is 3. The predicted molar refractivity (Wildman–Crippen MR) is 35.1 cm³/mol. The van der Waals surface area contributed by atoms with Crippen LogP contribution in [0.5, 0.6) is 0 Å². The van der Waals surface area contributed by atoms with E-state index in [1.165, 1.54) is 0 Å². The molecule has 7 heavy (non-hydrogen) atoms. The molecule has 0 saturated carbocycles. The Labute approximate surface area is 49.4 Å². The molecule has 3 nitrogen and oxygen atoms in total. The molecular formula is C2H12O3Si2. The first-order valence-electron chi connectivity index (χ1n) is 1.95. The van der Waals surface area contributed by atoms with E-state index in [4.69, 9.17) is 10.2 Å². The van der Waals surface area contributed by atoms with Gasteiger partial charge in [-0.2, -0.15) is 0 Å². The van der Waals surface area contributed by atoms with E-state index >= 15 is 0 Å². The molecule has 0 aliphatic heterocycles. The molecule has 0 aromatic carbocycles. The largest absolute Gasteiger partial charge is 0.471 e. The van der Waals surface area contributed by atoms with Crippen molar-refractivity contribution in [3.05, 3.63) is 0 Å². The van der Waals surface area contributed by atoms with E-state index in [0.29, 0.717) is 0 Å². The Hall–Kier alpha value is 0.314. The standard InChI is InChI=1S/C2H6O2.H6OSi2/c3-1-2-4;2-1-3/h3-4H,1-2H2;2-3H3. The van der Waals surface area contributed by atoms with Gasteiger partial charge < -0.3 is 14.3 Å². The molecule has 46 valence electrons. The SMILES string of the molecule is OCCO.[SiH3]O[SiH3]. The van der Waals surface area contributed by atoms with E-state index in [-0.39, 0.29) is 13.2 Å². The molecule has 0 aliphatic carbocycles. The van der Waals surface area contributed by atoms with Crippen LogP contribution in [0.25, 0.3) is 0 Å². The molecule has 0 aromatic heterocycles. The smallest absolute Gasteiger partial charge is 0.129 e. The van der Waals surface area contributed by atoms with Crippen molar-refractivity contribution < 1.29 is 14.3 Å². The lowest BCUT2D eigenvalue weighted by Gasteiger charge is -1.70. The van der Waals surface area contributed by atoms with Crippen molar-refractivity contribution in [2.75, 3.05) is 13.2 Å². The van der Waals surface area contributed by atoms with Crippen LogP contribution in [0.4, 0.5) is 0 Å². The van der Waals surface area contributed by atoms with Crippen LogP contribution in [0.2, 0.25) is 0 Å². The Morgan fingerprint density at radius 3 is 1.29 bits per heavy atom. The maximum Gasteiger partial charge on any atom is 0.129 e. The van der Waals surface area contributed by atoms with Crippen molar-refractivity contribution in [2.24, 2.45) is 0 Å². The molecule has 2 N–H and O–H groups in total. The third-order valence-electron chi connectivity index (χ3n) is 0.1000. The Kier molecular flexibility index (Phi) is 23.9. The predicted octanol–water partition coefficient (Wildman–Crippen LogP) is -3.47. The number of rotatable bonds is 1. The summed E-state index contributed by atoms with van der Waals surface area (Å²) >= 11 is 0. The van der Waals surface area contributed by atoms with E-state index in [2.05, 4.69) is 4.12 Å². The highest BCUT2D eigenvalue weighted by molar-refractivity contribution is 6.15. The van der Waals surface area contributed by atoms with Gasteiger partial charge in [0.05, 0.1) is 13.2 Å². The van der Waals surface area contributed by atoms with Crippen molar-refractivity contribution in [1.82, 2.24) is 0 Å². The summed E-state index contributed by atoms with van der Waals surface area (Å²) in [6.07, 6.45) is 0. The molecule has 0 bridgehead atoms. The topological polar surface area (TPSA) is 49.7 Å². The minimum absolute atomic E-state index is 0.125. The van der Waals surface area contributed by atoms with Gasteiger partial charge in [-0.1, -0.05) is 0 Å². The van der Waals surface area contributed by atoms with Gasteiger partial charge in [-0.3, -0.25) is 0 Å². The van der Waals surface area contributed by atoms with E-state index in [9.17, 15) is 0 Å². The summed E-state index contributed by atoms with van der Waals surface area (Å²) in [6.45, 7) is -0.250. The van der Waals surface area contributed by atoms with Gasteiger partial charge in [0.25, 0.3) is 0 Å². The zero-order valence-corrected chi connectivity index (χ0v) is 8.72. The summed E-state index contributed by atoms with van der Waals surface area (Å²) < 4.78 is 4.53. The molecule has 0 rings (SSSR count). The molecule has 0 aliphatic rings. The first-order chi connectivity index (χ1) is 3.33. The summed E-state index contributed by atoms with van der Waals surface area (Å²) in [5, 5.41) is 15.2. The Balaban J connectivity index is 0. The van der Waals surface area contributed by atoms with Crippen molar-refractivity contribution in [2.45, 2.75) is 0 Å². The average molecular weight is 140 g/mol. The number of hydrogen-bond donors (Lipinski definition) is 2. The molecule has 0 unspecified atom stereocenters. The molecule has 0 radical (unpaired) electrons. The third-order valence-corrected chi connectivity index (χ3v) is 0.1000.